The van der Waals surface area contributed by atoms with Crippen LogP contribution in [0.4, 0.5) is 0 Å². The van der Waals surface area contributed by atoms with E-state index in [9.17, 15) is 4.79 Å². The minimum atomic E-state index is -0.341. The molecule has 21 heavy (non-hydrogen) atoms. The number of carbonyl (C=O) groups excluding carboxylic acids is 1. The molecule has 2 saturated carbocycles. The van der Waals surface area contributed by atoms with E-state index >= 15 is 0 Å². The zero-order chi connectivity index (χ0) is 13.9. The summed E-state index contributed by atoms with van der Waals surface area (Å²) in [5.74, 6) is 1.96. The molecule has 0 radical (unpaired) electrons. The van der Waals surface area contributed by atoms with E-state index < -0.39 is 0 Å². The van der Waals surface area contributed by atoms with Crippen molar-refractivity contribution >= 4 is 18.3 Å². The Labute approximate surface area is 134 Å². The van der Waals surface area contributed by atoms with Gasteiger partial charge in [-0.2, -0.15) is 0 Å². The molecule has 5 heteroatoms. The number of nitrogens with two attached hydrogens (primary N) is 1. The number of hydrogen-bond acceptors (Lipinski definition) is 3. The lowest BCUT2D eigenvalue weighted by molar-refractivity contribution is -0.124. The Morgan fingerprint density at radius 2 is 1.76 bits per heavy atom. The second-order valence-electron chi connectivity index (χ2n) is 6.89. The SMILES string of the molecule is Cl.NC(C(=O)NC1CC1C1CCCCC1)C1CCOCC1. The number of rotatable bonds is 4. The Kier molecular flexibility index (Phi) is 6.33. The highest BCUT2D eigenvalue weighted by atomic mass is 35.5. The zero-order valence-corrected chi connectivity index (χ0v) is 13.6. The quantitative estimate of drug-likeness (QED) is 0.836. The molecule has 3 rings (SSSR count). The van der Waals surface area contributed by atoms with Gasteiger partial charge in [-0.05, 0) is 37.0 Å². The number of carbonyl (C=O) groups is 1. The van der Waals surface area contributed by atoms with Crippen LogP contribution >= 0.6 is 12.4 Å². The van der Waals surface area contributed by atoms with E-state index in [0.29, 0.717) is 12.0 Å². The fourth-order valence-electron chi connectivity index (χ4n) is 4.03. The lowest BCUT2D eigenvalue weighted by Crippen LogP contribution is -2.48. The van der Waals surface area contributed by atoms with Gasteiger partial charge in [0.2, 0.25) is 5.91 Å². The molecule has 3 aliphatic rings. The normalized spacial score (nSPS) is 32.0. The van der Waals surface area contributed by atoms with Crippen molar-refractivity contribution in [1.29, 1.82) is 0 Å². The Hall–Kier alpha value is -0.320. The van der Waals surface area contributed by atoms with Crippen LogP contribution in [0.15, 0.2) is 0 Å². The molecule has 1 heterocycles. The highest BCUT2D eigenvalue weighted by Crippen LogP contribution is 2.44. The fourth-order valence-corrected chi connectivity index (χ4v) is 4.03. The Morgan fingerprint density at radius 1 is 1.10 bits per heavy atom. The summed E-state index contributed by atoms with van der Waals surface area (Å²) in [7, 11) is 0. The highest BCUT2D eigenvalue weighted by Gasteiger charge is 2.44. The topological polar surface area (TPSA) is 64.4 Å². The van der Waals surface area contributed by atoms with Crippen LogP contribution in [0.2, 0.25) is 0 Å². The van der Waals surface area contributed by atoms with Gasteiger partial charge in [0.05, 0.1) is 6.04 Å². The minimum absolute atomic E-state index is 0. The summed E-state index contributed by atoms with van der Waals surface area (Å²) in [5.41, 5.74) is 6.12. The Bertz CT molecular complexity index is 341. The molecule has 122 valence electrons. The maximum Gasteiger partial charge on any atom is 0.237 e. The summed E-state index contributed by atoms with van der Waals surface area (Å²) < 4.78 is 5.33. The predicted molar refractivity (Wildman–Crippen MR) is 85.4 cm³/mol. The van der Waals surface area contributed by atoms with Crippen molar-refractivity contribution in [3.63, 3.8) is 0 Å². The van der Waals surface area contributed by atoms with Crippen molar-refractivity contribution < 1.29 is 9.53 Å². The van der Waals surface area contributed by atoms with E-state index in [4.69, 9.17) is 10.5 Å². The summed E-state index contributed by atoms with van der Waals surface area (Å²) in [4.78, 5) is 12.2. The monoisotopic (exact) mass is 316 g/mol. The number of nitrogens with one attached hydrogen (secondary N) is 1. The molecule has 3 fully saturated rings. The molecular weight excluding hydrogens is 288 g/mol. The van der Waals surface area contributed by atoms with Gasteiger partial charge in [-0.25, -0.2) is 0 Å². The lowest BCUT2D eigenvalue weighted by Gasteiger charge is -2.27. The van der Waals surface area contributed by atoms with Gasteiger partial charge in [-0.15, -0.1) is 12.4 Å². The Balaban J connectivity index is 0.00000161. The number of ether oxygens (including phenoxy) is 1. The third-order valence-electron chi connectivity index (χ3n) is 5.50. The highest BCUT2D eigenvalue weighted by molar-refractivity contribution is 5.85. The summed E-state index contributed by atoms with van der Waals surface area (Å²) in [6.07, 6.45) is 9.90. The van der Waals surface area contributed by atoms with E-state index in [1.54, 1.807) is 0 Å². The van der Waals surface area contributed by atoms with Crippen LogP contribution in [0.25, 0.3) is 0 Å². The molecule has 2 aliphatic carbocycles. The molecule has 0 spiro atoms. The summed E-state index contributed by atoms with van der Waals surface area (Å²) in [5, 5.41) is 3.19. The molecule has 1 amide bonds. The lowest BCUT2D eigenvalue weighted by atomic mass is 9.85. The van der Waals surface area contributed by atoms with Crippen molar-refractivity contribution in [2.45, 2.75) is 63.5 Å². The number of amides is 1. The van der Waals surface area contributed by atoms with Crippen molar-refractivity contribution in [3.8, 4) is 0 Å². The molecule has 3 unspecified atom stereocenters. The largest absolute Gasteiger partial charge is 0.381 e. The summed E-state index contributed by atoms with van der Waals surface area (Å²) >= 11 is 0. The van der Waals surface area contributed by atoms with Crippen molar-refractivity contribution in [3.05, 3.63) is 0 Å². The van der Waals surface area contributed by atoms with Crippen LogP contribution in [-0.2, 0) is 9.53 Å². The molecule has 0 aromatic rings. The van der Waals surface area contributed by atoms with Gasteiger partial charge < -0.3 is 15.8 Å². The number of halogens is 1. The molecule has 1 aliphatic heterocycles. The summed E-state index contributed by atoms with van der Waals surface area (Å²) in [6, 6.07) is 0.0722. The van der Waals surface area contributed by atoms with Crippen LogP contribution in [-0.4, -0.2) is 31.2 Å². The third kappa shape index (κ3) is 4.33. The first-order valence-electron chi connectivity index (χ1n) is 8.39. The van der Waals surface area contributed by atoms with Crippen LogP contribution in [0, 0.1) is 17.8 Å². The van der Waals surface area contributed by atoms with E-state index in [1.807, 2.05) is 0 Å². The standard InChI is InChI=1S/C16H28N2O2.ClH/c17-15(12-6-8-20-9-7-12)16(19)18-14-10-13(14)11-4-2-1-3-5-11;/h11-15H,1-10,17H2,(H,18,19);1H. The van der Waals surface area contributed by atoms with Crippen LogP contribution in [0.3, 0.4) is 0 Å². The first-order chi connectivity index (χ1) is 9.75. The molecule has 4 nitrogen and oxygen atoms in total. The molecule has 3 N–H and O–H groups in total. The molecule has 0 bridgehead atoms. The summed E-state index contributed by atoms with van der Waals surface area (Å²) in [6.45, 7) is 1.50. The zero-order valence-electron chi connectivity index (χ0n) is 12.8. The first-order valence-corrected chi connectivity index (χ1v) is 8.39. The van der Waals surface area contributed by atoms with E-state index in [2.05, 4.69) is 5.32 Å². The predicted octanol–water partition coefficient (Wildman–Crippen LogP) is 2.25. The average Bonchev–Trinajstić information content (AvgIpc) is 3.27. The molecule has 1 saturated heterocycles. The smallest absolute Gasteiger partial charge is 0.237 e. The van der Waals surface area contributed by atoms with Gasteiger partial charge in [0.1, 0.15) is 0 Å². The molecular formula is C16H29ClN2O2. The fraction of sp³-hybridized carbons (Fsp3) is 0.938. The van der Waals surface area contributed by atoms with E-state index in [1.165, 1.54) is 38.5 Å². The second kappa shape index (κ2) is 7.80. The molecule has 0 aromatic heterocycles. The van der Waals surface area contributed by atoms with Gasteiger partial charge in [-0.1, -0.05) is 32.1 Å². The van der Waals surface area contributed by atoms with E-state index in [-0.39, 0.29) is 24.4 Å². The van der Waals surface area contributed by atoms with Crippen LogP contribution in [0.1, 0.15) is 51.4 Å². The van der Waals surface area contributed by atoms with Gasteiger partial charge in [0.15, 0.2) is 0 Å². The maximum atomic E-state index is 12.2. The van der Waals surface area contributed by atoms with Gasteiger partial charge in [0, 0.05) is 19.3 Å². The third-order valence-corrected chi connectivity index (χ3v) is 5.50. The van der Waals surface area contributed by atoms with Gasteiger partial charge in [0.25, 0.3) is 0 Å². The number of hydrogen-bond donors (Lipinski definition) is 2. The van der Waals surface area contributed by atoms with E-state index in [0.717, 1.165) is 37.9 Å². The van der Waals surface area contributed by atoms with Crippen LogP contribution in [0.5, 0.6) is 0 Å². The van der Waals surface area contributed by atoms with Crippen LogP contribution < -0.4 is 11.1 Å². The van der Waals surface area contributed by atoms with Crippen molar-refractivity contribution in [1.82, 2.24) is 5.32 Å². The molecule has 3 atom stereocenters. The average molecular weight is 317 g/mol. The van der Waals surface area contributed by atoms with Gasteiger partial charge in [-0.3, -0.25) is 4.79 Å². The first kappa shape index (κ1) is 17.0. The van der Waals surface area contributed by atoms with Gasteiger partial charge >= 0.3 is 0 Å². The minimum Gasteiger partial charge on any atom is -0.381 e. The second-order valence-corrected chi connectivity index (χ2v) is 6.89. The van der Waals surface area contributed by atoms with Crippen molar-refractivity contribution in [2.75, 3.05) is 13.2 Å². The van der Waals surface area contributed by atoms with Crippen molar-refractivity contribution in [2.24, 2.45) is 23.5 Å². The Morgan fingerprint density at radius 3 is 2.43 bits per heavy atom. The molecule has 0 aromatic carbocycles. The maximum absolute atomic E-state index is 12.2.